The molecule has 0 saturated carbocycles. The van der Waals surface area contributed by atoms with Gasteiger partial charge in [0.2, 0.25) is 17.8 Å². The minimum Gasteiger partial charge on any atom is -0.368 e. The Morgan fingerprint density at radius 3 is 2.57 bits per heavy atom. The lowest BCUT2D eigenvalue weighted by Crippen LogP contribution is -2.32. The largest absolute Gasteiger partial charge is 0.368 e. The first kappa shape index (κ1) is 21.5. The van der Waals surface area contributed by atoms with Gasteiger partial charge in [-0.05, 0) is 43.2 Å². The molecule has 0 saturated heterocycles. The number of carbonyl (C=O) groups excluding carboxylic acids is 1. The monoisotopic (exact) mass is 426 g/mol. The molecule has 9 heteroatoms. The molecule has 0 bridgehead atoms. The highest BCUT2D eigenvalue weighted by atomic mass is 32.2. The van der Waals surface area contributed by atoms with Gasteiger partial charge in [-0.2, -0.15) is 15.0 Å². The smallest absolute Gasteiger partial charge is 0.232 e. The van der Waals surface area contributed by atoms with Crippen LogP contribution in [-0.2, 0) is 17.0 Å². The quantitative estimate of drug-likeness (QED) is 0.482. The number of nitrogen functional groups attached to an aromatic ring is 1. The fraction of sp³-hybridized carbons (Fsp3) is 0.238. The average Bonchev–Trinajstić information content (AvgIpc) is 2.74. The Morgan fingerprint density at radius 1 is 1.10 bits per heavy atom. The first-order valence-corrected chi connectivity index (χ1v) is 10.5. The van der Waals surface area contributed by atoms with Crippen LogP contribution < -0.4 is 16.4 Å². The number of rotatable bonds is 9. The van der Waals surface area contributed by atoms with Gasteiger partial charge in [-0.1, -0.05) is 30.3 Å². The van der Waals surface area contributed by atoms with E-state index in [2.05, 4.69) is 25.6 Å². The van der Waals surface area contributed by atoms with Crippen molar-refractivity contribution in [1.82, 2.24) is 20.3 Å². The molecular formula is C21H23FN6OS. The molecular weight excluding hydrogens is 403 g/mol. The molecule has 1 amide bonds. The van der Waals surface area contributed by atoms with E-state index in [0.29, 0.717) is 23.8 Å². The molecule has 1 unspecified atom stereocenters. The van der Waals surface area contributed by atoms with Crippen molar-refractivity contribution in [2.45, 2.75) is 24.3 Å². The molecule has 0 aliphatic rings. The van der Waals surface area contributed by atoms with E-state index in [9.17, 15) is 9.18 Å². The lowest BCUT2D eigenvalue weighted by Gasteiger charge is -2.12. The molecule has 0 spiro atoms. The second-order valence-corrected chi connectivity index (χ2v) is 7.87. The van der Waals surface area contributed by atoms with E-state index in [4.69, 9.17) is 5.73 Å². The SMILES string of the molecule is CC(SCc1nc(N)nc(Nc2ccc(F)cc2)n1)C(=O)NCCc1ccccc1. The highest BCUT2D eigenvalue weighted by molar-refractivity contribution is 7.99. The maximum Gasteiger partial charge on any atom is 0.232 e. The minimum atomic E-state index is -0.330. The minimum absolute atomic E-state index is 0.0392. The Hall–Kier alpha value is -3.20. The predicted octanol–water partition coefficient (Wildman–Crippen LogP) is 3.32. The summed E-state index contributed by atoms with van der Waals surface area (Å²) in [6, 6.07) is 15.8. The fourth-order valence-electron chi connectivity index (χ4n) is 2.61. The molecule has 1 aromatic heterocycles. The molecule has 0 aliphatic heterocycles. The number of nitrogens with one attached hydrogen (secondary N) is 2. The zero-order valence-electron chi connectivity index (χ0n) is 16.5. The molecule has 4 N–H and O–H groups in total. The molecule has 2 aromatic carbocycles. The Labute approximate surface area is 178 Å². The maximum absolute atomic E-state index is 13.0. The van der Waals surface area contributed by atoms with E-state index < -0.39 is 0 Å². The number of benzene rings is 2. The van der Waals surface area contributed by atoms with Crippen molar-refractivity contribution in [2.75, 3.05) is 17.6 Å². The molecule has 30 heavy (non-hydrogen) atoms. The number of amides is 1. The molecule has 3 aromatic rings. The van der Waals surface area contributed by atoms with Crippen molar-refractivity contribution in [2.24, 2.45) is 0 Å². The van der Waals surface area contributed by atoms with Crippen molar-refractivity contribution in [3.8, 4) is 0 Å². The summed E-state index contributed by atoms with van der Waals surface area (Å²) in [4.78, 5) is 24.8. The summed E-state index contributed by atoms with van der Waals surface area (Å²) in [5, 5.41) is 5.64. The van der Waals surface area contributed by atoms with Crippen molar-refractivity contribution in [3.05, 3.63) is 71.8 Å². The lowest BCUT2D eigenvalue weighted by molar-refractivity contribution is -0.120. The summed E-state index contributed by atoms with van der Waals surface area (Å²) in [6.45, 7) is 2.42. The summed E-state index contributed by atoms with van der Waals surface area (Å²) >= 11 is 1.41. The van der Waals surface area contributed by atoms with Gasteiger partial charge >= 0.3 is 0 Å². The van der Waals surface area contributed by atoms with E-state index in [-0.39, 0.29) is 28.9 Å². The second-order valence-electron chi connectivity index (χ2n) is 6.55. The van der Waals surface area contributed by atoms with Gasteiger partial charge in [-0.25, -0.2) is 4.39 Å². The third-order valence-electron chi connectivity index (χ3n) is 4.19. The highest BCUT2D eigenvalue weighted by Crippen LogP contribution is 2.19. The number of halogens is 1. The first-order chi connectivity index (χ1) is 14.5. The zero-order chi connectivity index (χ0) is 21.3. The average molecular weight is 427 g/mol. The number of thioether (sulfide) groups is 1. The van der Waals surface area contributed by atoms with Crippen molar-refractivity contribution >= 4 is 35.3 Å². The van der Waals surface area contributed by atoms with Crippen LogP contribution >= 0.6 is 11.8 Å². The van der Waals surface area contributed by atoms with Crippen LogP contribution in [-0.4, -0.2) is 32.7 Å². The Morgan fingerprint density at radius 2 is 1.83 bits per heavy atom. The van der Waals surface area contributed by atoms with Gasteiger partial charge in [0.1, 0.15) is 11.6 Å². The van der Waals surface area contributed by atoms with E-state index in [1.807, 2.05) is 37.3 Å². The molecule has 3 rings (SSSR count). The van der Waals surface area contributed by atoms with E-state index in [1.165, 1.54) is 29.5 Å². The second kappa shape index (κ2) is 10.5. The third kappa shape index (κ3) is 6.70. The third-order valence-corrected chi connectivity index (χ3v) is 5.33. The van der Waals surface area contributed by atoms with Crippen LogP contribution in [0.4, 0.5) is 22.0 Å². The number of aromatic nitrogens is 3. The number of nitrogens with zero attached hydrogens (tertiary/aromatic N) is 3. The van der Waals surface area contributed by atoms with Crippen molar-refractivity contribution in [3.63, 3.8) is 0 Å². The number of hydrogen-bond acceptors (Lipinski definition) is 7. The zero-order valence-corrected chi connectivity index (χ0v) is 17.3. The van der Waals surface area contributed by atoms with Crippen LogP contribution in [0.2, 0.25) is 0 Å². The van der Waals surface area contributed by atoms with E-state index in [0.717, 1.165) is 6.42 Å². The van der Waals surface area contributed by atoms with Crippen molar-refractivity contribution < 1.29 is 9.18 Å². The topological polar surface area (TPSA) is 106 Å². The Bertz CT molecular complexity index is 971. The Kier molecular flexibility index (Phi) is 7.56. The molecule has 1 heterocycles. The lowest BCUT2D eigenvalue weighted by atomic mass is 10.1. The summed E-state index contributed by atoms with van der Waals surface area (Å²) in [5.74, 6) is 0.834. The summed E-state index contributed by atoms with van der Waals surface area (Å²) in [5.41, 5.74) is 7.59. The molecule has 0 fully saturated rings. The first-order valence-electron chi connectivity index (χ1n) is 9.46. The highest BCUT2D eigenvalue weighted by Gasteiger charge is 2.14. The summed E-state index contributed by atoms with van der Waals surface area (Å²) < 4.78 is 13.0. The maximum atomic E-state index is 13.0. The van der Waals surface area contributed by atoms with Gasteiger partial charge < -0.3 is 16.4 Å². The number of carbonyl (C=O) groups is 1. The van der Waals surface area contributed by atoms with Gasteiger partial charge in [0, 0.05) is 12.2 Å². The van der Waals surface area contributed by atoms with E-state index in [1.54, 1.807) is 12.1 Å². The predicted molar refractivity (Wildman–Crippen MR) is 118 cm³/mol. The van der Waals surface area contributed by atoms with Crippen LogP contribution in [0.5, 0.6) is 0 Å². The van der Waals surface area contributed by atoms with Crippen LogP contribution in [0.25, 0.3) is 0 Å². The number of nitrogens with two attached hydrogens (primary N) is 1. The van der Waals surface area contributed by atoms with Crippen molar-refractivity contribution in [1.29, 1.82) is 0 Å². The number of anilines is 3. The molecule has 156 valence electrons. The standard InChI is InChI=1S/C21H23FN6OS/c1-14(19(29)24-12-11-15-5-3-2-4-6-15)30-13-18-26-20(23)28-21(27-18)25-17-9-7-16(22)8-10-17/h2-10,14H,11-13H2,1H3,(H,24,29)(H3,23,25,26,27,28). The number of hydrogen-bond donors (Lipinski definition) is 3. The normalized spacial score (nSPS) is 11.7. The van der Waals surface area contributed by atoms with Crippen LogP contribution in [0, 0.1) is 5.82 Å². The van der Waals surface area contributed by atoms with Gasteiger partial charge in [0.05, 0.1) is 11.0 Å². The fourth-order valence-corrected chi connectivity index (χ4v) is 3.38. The van der Waals surface area contributed by atoms with Gasteiger partial charge in [0.25, 0.3) is 0 Å². The van der Waals surface area contributed by atoms with Gasteiger partial charge in [0.15, 0.2) is 0 Å². The van der Waals surface area contributed by atoms with Crippen LogP contribution in [0.3, 0.4) is 0 Å². The van der Waals surface area contributed by atoms with Gasteiger partial charge in [-0.15, -0.1) is 11.8 Å². The van der Waals surface area contributed by atoms with E-state index >= 15 is 0 Å². The Balaban J connectivity index is 1.49. The van der Waals surface area contributed by atoms with Crippen LogP contribution in [0.1, 0.15) is 18.3 Å². The molecule has 0 radical (unpaired) electrons. The molecule has 1 atom stereocenters. The summed E-state index contributed by atoms with van der Waals surface area (Å²) in [6.07, 6.45) is 0.784. The van der Waals surface area contributed by atoms with Gasteiger partial charge in [-0.3, -0.25) is 4.79 Å². The molecule has 0 aliphatic carbocycles. The summed E-state index contributed by atoms with van der Waals surface area (Å²) in [7, 11) is 0. The van der Waals surface area contributed by atoms with Crippen LogP contribution in [0.15, 0.2) is 54.6 Å². The molecule has 7 nitrogen and oxygen atoms in total.